The van der Waals surface area contributed by atoms with Crippen LogP contribution in [0.3, 0.4) is 0 Å². The average Bonchev–Trinajstić information content (AvgIpc) is 2.69. The zero-order valence-corrected chi connectivity index (χ0v) is 15.9. The first kappa shape index (κ1) is 19.8. The number of benzene rings is 1. The predicted molar refractivity (Wildman–Crippen MR) is 99.5 cm³/mol. The lowest BCUT2D eigenvalue weighted by Crippen LogP contribution is -2.49. The quantitative estimate of drug-likeness (QED) is 0.841. The lowest BCUT2D eigenvalue weighted by molar-refractivity contribution is -0.142. The number of carbonyl (C=O) groups is 2. The van der Waals surface area contributed by atoms with Gasteiger partial charge in [0.15, 0.2) is 0 Å². The van der Waals surface area contributed by atoms with Crippen molar-refractivity contribution in [2.75, 3.05) is 45.9 Å². The van der Waals surface area contributed by atoms with Crippen LogP contribution >= 0.6 is 0 Å². The summed E-state index contributed by atoms with van der Waals surface area (Å²) in [6.07, 6.45) is 1.80. The fraction of sp³-hybridized carbons (Fsp3) is 0.600. The van der Waals surface area contributed by atoms with E-state index in [2.05, 4.69) is 10.2 Å². The summed E-state index contributed by atoms with van der Waals surface area (Å²) < 4.78 is 18.6. The molecule has 6 nitrogen and oxygen atoms in total. The third kappa shape index (κ3) is 5.49. The van der Waals surface area contributed by atoms with Crippen LogP contribution in [0.15, 0.2) is 18.2 Å². The van der Waals surface area contributed by atoms with Crippen molar-refractivity contribution in [2.24, 2.45) is 5.92 Å². The van der Waals surface area contributed by atoms with Gasteiger partial charge in [-0.05, 0) is 43.5 Å². The average molecular weight is 377 g/mol. The van der Waals surface area contributed by atoms with Crippen molar-refractivity contribution < 1.29 is 18.7 Å². The van der Waals surface area contributed by atoms with Crippen LogP contribution in [0.25, 0.3) is 0 Å². The van der Waals surface area contributed by atoms with E-state index in [0.717, 1.165) is 24.9 Å². The summed E-state index contributed by atoms with van der Waals surface area (Å²) in [5.41, 5.74) is 1.45. The van der Waals surface area contributed by atoms with E-state index in [0.29, 0.717) is 45.0 Å². The molecule has 0 saturated carbocycles. The Kier molecular flexibility index (Phi) is 6.79. The van der Waals surface area contributed by atoms with Crippen LogP contribution in [0.5, 0.6) is 0 Å². The highest BCUT2D eigenvalue weighted by Crippen LogP contribution is 2.19. The van der Waals surface area contributed by atoms with Crippen LogP contribution in [-0.4, -0.2) is 67.6 Å². The molecule has 1 unspecified atom stereocenters. The summed E-state index contributed by atoms with van der Waals surface area (Å²) in [7, 11) is 0. The number of ether oxygens (including phenoxy) is 1. The Labute approximate surface area is 159 Å². The molecule has 1 atom stereocenters. The molecule has 1 aromatic rings. The molecular weight excluding hydrogens is 349 g/mol. The van der Waals surface area contributed by atoms with Gasteiger partial charge in [0, 0.05) is 26.2 Å². The zero-order chi connectivity index (χ0) is 19.2. The number of morpholine rings is 1. The molecule has 2 saturated heterocycles. The first-order chi connectivity index (χ1) is 13.0. The minimum Gasteiger partial charge on any atom is -0.378 e. The van der Waals surface area contributed by atoms with E-state index in [4.69, 9.17) is 4.74 Å². The largest absolute Gasteiger partial charge is 0.378 e. The molecule has 0 aliphatic carbocycles. The lowest BCUT2D eigenvalue weighted by Gasteiger charge is -2.35. The highest BCUT2D eigenvalue weighted by atomic mass is 19.1. The van der Waals surface area contributed by atoms with Crippen molar-refractivity contribution in [1.29, 1.82) is 0 Å². The van der Waals surface area contributed by atoms with Gasteiger partial charge >= 0.3 is 0 Å². The SMILES string of the molecule is Cc1cc(CNC(=O)CN2CCCC(C(=O)N3CCOCC3)C2)ccc1F. The second kappa shape index (κ2) is 9.28. The fourth-order valence-corrected chi connectivity index (χ4v) is 3.72. The second-order valence-corrected chi connectivity index (χ2v) is 7.37. The molecule has 3 rings (SSSR count). The number of likely N-dealkylation sites (tertiary alicyclic amines) is 1. The van der Waals surface area contributed by atoms with E-state index in [1.165, 1.54) is 6.07 Å². The topological polar surface area (TPSA) is 61.9 Å². The minimum atomic E-state index is -0.241. The Bertz CT molecular complexity index is 676. The van der Waals surface area contributed by atoms with Crippen molar-refractivity contribution in [3.8, 4) is 0 Å². The standard InChI is InChI=1S/C20H28FN3O3/c1-15-11-16(4-5-18(15)21)12-22-19(25)14-23-6-2-3-17(13-23)20(26)24-7-9-27-10-8-24/h4-5,11,17H,2-3,6-10,12-14H2,1H3,(H,22,25). The maximum atomic E-state index is 13.3. The fourth-order valence-electron chi connectivity index (χ4n) is 3.72. The number of piperidine rings is 1. The molecule has 2 fully saturated rings. The normalized spacial score (nSPS) is 21.1. The van der Waals surface area contributed by atoms with Gasteiger partial charge in [-0.15, -0.1) is 0 Å². The second-order valence-electron chi connectivity index (χ2n) is 7.37. The van der Waals surface area contributed by atoms with Gasteiger partial charge in [-0.3, -0.25) is 14.5 Å². The van der Waals surface area contributed by atoms with Gasteiger partial charge in [0.1, 0.15) is 5.82 Å². The van der Waals surface area contributed by atoms with Crippen LogP contribution in [0, 0.1) is 18.7 Å². The Morgan fingerprint density at radius 1 is 1.26 bits per heavy atom. The van der Waals surface area contributed by atoms with Gasteiger partial charge in [-0.2, -0.15) is 0 Å². The number of hydrogen-bond acceptors (Lipinski definition) is 4. The molecule has 27 heavy (non-hydrogen) atoms. The van der Waals surface area contributed by atoms with Gasteiger partial charge in [0.05, 0.1) is 25.7 Å². The first-order valence-electron chi connectivity index (χ1n) is 9.63. The molecule has 1 N–H and O–H groups in total. The number of nitrogens with one attached hydrogen (secondary N) is 1. The smallest absolute Gasteiger partial charge is 0.234 e. The third-order valence-corrected chi connectivity index (χ3v) is 5.26. The van der Waals surface area contributed by atoms with E-state index < -0.39 is 0 Å². The minimum absolute atomic E-state index is 0.0376. The lowest BCUT2D eigenvalue weighted by atomic mass is 9.96. The number of nitrogens with zero attached hydrogens (tertiary/aromatic N) is 2. The summed E-state index contributed by atoms with van der Waals surface area (Å²) in [4.78, 5) is 28.9. The van der Waals surface area contributed by atoms with Gasteiger partial charge in [-0.1, -0.05) is 12.1 Å². The maximum absolute atomic E-state index is 13.3. The van der Waals surface area contributed by atoms with E-state index in [1.54, 1.807) is 19.1 Å². The Morgan fingerprint density at radius 2 is 2.04 bits per heavy atom. The van der Waals surface area contributed by atoms with Crippen molar-refractivity contribution in [3.63, 3.8) is 0 Å². The molecule has 2 heterocycles. The van der Waals surface area contributed by atoms with Crippen LogP contribution in [0.4, 0.5) is 4.39 Å². The van der Waals surface area contributed by atoms with Crippen LogP contribution in [0.1, 0.15) is 24.0 Å². The number of halogens is 1. The number of hydrogen-bond donors (Lipinski definition) is 1. The molecule has 1 aromatic carbocycles. The van der Waals surface area contributed by atoms with Crippen molar-refractivity contribution in [3.05, 3.63) is 35.1 Å². The van der Waals surface area contributed by atoms with Crippen molar-refractivity contribution in [1.82, 2.24) is 15.1 Å². The van der Waals surface area contributed by atoms with Crippen molar-refractivity contribution in [2.45, 2.75) is 26.3 Å². The predicted octanol–water partition coefficient (Wildman–Crippen LogP) is 1.32. The highest BCUT2D eigenvalue weighted by molar-refractivity contribution is 5.80. The molecule has 148 valence electrons. The summed E-state index contributed by atoms with van der Waals surface area (Å²) in [5, 5.41) is 2.89. The van der Waals surface area contributed by atoms with E-state index in [-0.39, 0.29) is 30.1 Å². The molecule has 0 bridgehead atoms. The summed E-state index contributed by atoms with van der Waals surface area (Å²) in [6.45, 7) is 6.35. The number of carbonyl (C=O) groups excluding carboxylic acids is 2. The van der Waals surface area contributed by atoms with Gasteiger partial charge in [0.2, 0.25) is 11.8 Å². The Balaban J connectivity index is 1.45. The summed E-state index contributed by atoms with van der Waals surface area (Å²) in [6, 6.07) is 4.84. The first-order valence-corrected chi connectivity index (χ1v) is 9.63. The highest BCUT2D eigenvalue weighted by Gasteiger charge is 2.30. The number of amides is 2. The zero-order valence-electron chi connectivity index (χ0n) is 15.9. The molecule has 0 aromatic heterocycles. The van der Waals surface area contributed by atoms with Gasteiger partial charge < -0.3 is 15.0 Å². The van der Waals surface area contributed by atoms with Crippen LogP contribution in [0.2, 0.25) is 0 Å². The van der Waals surface area contributed by atoms with E-state index >= 15 is 0 Å². The number of rotatable bonds is 5. The monoisotopic (exact) mass is 377 g/mol. The summed E-state index contributed by atoms with van der Waals surface area (Å²) >= 11 is 0. The Hall–Kier alpha value is -1.99. The molecular formula is C20H28FN3O3. The van der Waals surface area contributed by atoms with Crippen LogP contribution < -0.4 is 5.32 Å². The Morgan fingerprint density at radius 3 is 2.78 bits per heavy atom. The molecule has 0 radical (unpaired) electrons. The third-order valence-electron chi connectivity index (χ3n) is 5.26. The van der Waals surface area contributed by atoms with Gasteiger partial charge in [-0.25, -0.2) is 4.39 Å². The summed E-state index contributed by atoms with van der Waals surface area (Å²) in [5.74, 6) is -0.166. The van der Waals surface area contributed by atoms with Gasteiger partial charge in [0.25, 0.3) is 0 Å². The molecule has 0 spiro atoms. The van der Waals surface area contributed by atoms with Crippen LogP contribution in [-0.2, 0) is 20.9 Å². The van der Waals surface area contributed by atoms with E-state index in [1.807, 2.05) is 4.90 Å². The molecule has 2 amide bonds. The molecule has 7 heteroatoms. The molecule has 2 aliphatic rings. The van der Waals surface area contributed by atoms with E-state index in [9.17, 15) is 14.0 Å². The number of aryl methyl sites for hydroxylation is 1. The molecule has 2 aliphatic heterocycles. The maximum Gasteiger partial charge on any atom is 0.234 e. The van der Waals surface area contributed by atoms with Crippen molar-refractivity contribution >= 4 is 11.8 Å².